The zero-order valence-corrected chi connectivity index (χ0v) is 17.8. The van der Waals surface area contributed by atoms with Gasteiger partial charge < -0.3 is 14.8 Å². The highest BCUT2D eigenvalue weighted by Gasteiger charge is 2.35. The Balaban J connectivity index is 1.53. The fourth-order valence-electron chi connectivity index (χ4n) is 3.63. The van der Waals surface area contributed by atoms with Crippen molar-refractivity contribution in [3.05, 3.63) is 89.0 Å². The van der Waals surface area contributed by atoms with Gasteiger partial charge in [-0.15, -0.1) is 0 Å². The molecular weight excluding hydrogens is 408 g/mol. The minimum absolute atomic E-state index is 0.230. The first-order valence-corrected chi connectivity index (χ1v) is 10.1. The highest BCUT2D eigenvalue weighted by Crippen LogP contribution is 2.30. The molecule has 7 nitrogen and oxygen atoms in total. The summed E-state index contributed by atoms with van der Waals surface area (Å²) in [4.78, 5) is 39.7. The lowest BCUT2D eigenvalue weighted by atomic mass is 10.1. The molecule has 3 aromatic rings. The number of nitrogens with one attached hydrogen (secondary N) is 1. The van der Waals surface area contributed by atoms with E-state index in [-0.39, 0.29) is 23.6 Å². The molecular formula is C25H22N2O5. The van der Waals surface area contributed by atoms with Crippen LogP contribution >= 0.6 is 0 Å². The normalized spacial score (nSPS) is 12.5. The molecule has 0 saturated carbocycles. The van der Waals surface area contributed by atoms with Crippen LogP contribution in [0.4, 0.5) is 5.69 Å². The Hall–Kier alpha value is -4.13. The van der Waals surface area contributed by atoms with E-state index in [0.717, 1.165) is 5.56 Å². The molecule has 0 bridgehead atoms. The topological polar surface area (TPSA) is 84.9 Å². The molecule has 0 radical (unpaired) electrons. The number of ether oxygens (including phenoxy) is 2. The Labute approximate surface area is 185 Å². The minimum atomic E-state index is -0.428. The molecule has 32 heavy (non-hydrogen) atoms. The number of hydrogen-bond donors (Lipinski definition) is 1. The first-order chi connectivity index (χ1) is 15.5. The number of carbonyl (C=O) groups excluding carboxylic acids is 3. The van der Waals surface area contributed by atoms with Gasteiger partial charge in [-0.25, -0.2) is 0 Å². The van der Waals surface area contributed by atoms with Crippen LogP contribution < -0.4 is 14.8 Å². The summed E-state index contributed by atoms with van der Waals surface area (Å²) >= 11 is 0. The lowest BCUT2D eigenvalue weighted by molar-refractivity contribution is 0.0656. The molecule has 0 fully saturated rings. The third kappa shape index (κ3) is 4.05. The van der Waals surface area contributed by atoms with Crippen molar-refractivity contribution in [2.45, 2.75) is 6.42 Å². The van der Waals surface area contributed by atoms with Crippen LogP contribution in [0.25, 0.3) is 0 Å². The van der Waals surface area contributed by atoms with Crippen molar-refractivity contribution in [2.75, 3.05) is 26.1 Å². The Bertz CT molecular complexity index is 1190. The van der Waals surface area contributed by atoms with Crippen molar-refractivity contribution in [1.82, 2.24) is 4.90 Å². The lowest BCUT2D eigenvalue weighted by Crippen LogP contribution is -2.31. The van der Waals surface area contributed by atoms with Gasteiger partial charge in [-0.1, -0.05) is 30.3 Å². The summed E-state index contributed by atoms with van der Waals surface area (Å²) in [5, 5.41) is 2.77. The largest absolute Gasteiger partial charge is 0.497 e. The fourth-order valence-corrected chi connectivity index (χ4v) is 3.63. The second-order valence-corrected chi connectivity index (χ2v) is 7.28. The molecule has 0 aromatic heterocycles. The van der Waals surface area contributed by atoms with Gasteiger partial charge in [0.15, 0.2) is 0 Å². The maximum absolute atomic E-state index is 12.9. The first kappa shape index (κ1) is 21.1. The molecule has 1 N–H and O–H groups in total. The average Bonchev–Trinajstić information content (AvgIpc) is 3.07. The highest BCUT2D eigenvalue weighted by atomic mass is 16.5. The molecule has 0 unspecified atom stereocenters. The van der Waals surface area contributed by atoms with Crippen LogP contribution in [0, 0.1) is 0 Å². The molecule has 3 amide bonds. The number of amides is 3. The van der Waals surface area contributed by atoms with Crippen LogP contribution in [-0.2, 0) is 6.42 Å². The number of carbonyl (C=O) groups is 3. The van der Waals surface area contributed by atoms with Crippen molar-refractivity contribution in [3.63, 3.8) is 0 Å². The summed E-state index contributed by atoms with van der Waals surface area (Å²) in [7, 11) is 3.03. The second kappa shape index (κ2) is 8.93. The van der Waals surface area contributed by atoms with E-state index in [4.69, 9.17) is 9.47 Å². The first-order valence-electron chi connectivity index (χ1n) is 10.1. The average molecular weight is 430 g/mol. The van der Waals surface area contributed by atoms with E-state index in [2.05, 4.69) is 5.32 Å². The molecule has 1 heterocycles. The summed E-state index contributed by atoms with van der Waals surface area (Å²) < 4.78 is 10.5. The number of nitrogens with zero attached hydrogens (tertiary/aromatic N) is 1. The zero-order chi connectivity index (χ0) is 22.7. The molecule has 0 atom stereocenters. The van der Waals surface area contributed by atoms with Gasteiger partial charge in [0.25, 0.3) is 17.7 Å². The van der Waals surface area contributed by atoms with Crippen molar-refractivity contribution in [3.8, 4) is 11.5 Å². The molecule has 0 aliphatic carbocycles. The number of methoxy groups -OCH3 is 2. The van der Waals surface area contributed by atoms with E-state index in [1.807, 2.05) is 30.3 Å². The minimum Gasteiger partial charge on any atom is -0.497 e. The van der Waals surface area contributed by atoms with E-state index >= 15 is 0 Å². The molecule has 3 aromatic carbocycles. The summed E-state index contributed by atoms with van der Waals surface area (Å²) in [5.74, 6) is -0.136. The van der Waals surface area contributed by atoms with E-state index in [0.29, 0.717) is 29.2 Å². The van der Waals surface area contributed by atoms with Crippen molar-refractivity contribution in [2.24, 2.45) is 0 Å². The van der Waals surface area contributed by atoms with Gasteiger partial charge in [-0.05, 0) is 42.3 Å². The predicted octanol–water partition coefficient (Wildman–Crippen LogP) is 3.79. The highest BCUT2D eigenvalue weighted by molar-refractivity contribution is 6.22. The van der Waals surface area contributed by atoms with Gasteiger partial charge in [0.2, 0.25) is 0 Å². The third-order valence-corrected chi connectivity index (χ3v) is 5.35. The maximum atomic E-state index is 12.9. The predicted molar refractivity (Wildman–Crippen MR) is 119 cm³/mol. The number of fused-ring (bicyclic) bond motifs is 1. The van der Waals surface area contributed by atoms with E-state index in [1.165, 1.54) is 37.3 Å². The van der Waals surface area contributed by atoms with Gasteiger partial charge in [-0.3, -0.25) is 19.3 Å². The van der Waals surface area contributed by atoms with E-state index in [1.54, 1.807) is 18.2 Å². The number of rotatable bonds is 7. The standard InChI is InChI=1S/C25H22N2O5/c1-31-18-9-11-22(32-2)21(15-18)26-23(28)17-8-10-19-20(14-17)25(30)27(24(19)29)13-12-16-6-4-3-5-7-16/h3-11,14-15H,12-13H2,1-2H3,(H,26,28). The Morgan fingerprint density at radius 2 is 1.62 bits per heavy atom. The number of anilines is 1. The van der Waals surface area contributed by atoms with Crippen LogP contribution in [0.1, 0.15) is 36.6 Å². The molecule has 7 heteroatoms. The molecule has 0 saturated heterocycles. The monoisotopic (exact) mass is 430 g/mol. The quantitative estimate of drug-likeness (QED) is 0.577. The van der Waals surface area contributed by atoms with Gasteiger partial charge in [0, 0.05) is 18.2 Å². The summed E-state index contributed by atoms with van der Waals surface area (Å²) in [6.07, 6.45) is 0.565. The van der Waals surface area contributed by atoms with Crippen LogP contribution in [0.15, 0.2) is 66.7 Å². The summed E-state index contributed by atoms with van der Waals surface area (Å²) in [6.45, 7) is 0.277. The smallest absolute Gasteiger partial charge is 0.261 e. The molecule has 1 aliphatic heterocycles. The third-order valence-electron chi connectivity index (χ3n) is 5.35. The van der Waals surface area contributed by atoms with E-state index in [9.17, 15) is 14.4 Å². The Kier molecular flexibility index (Phi) is 5.89. The van der Waals surface area contributed by atoms with E-state index < -0.39 is 11.8 Å². The number of hydrogen-bond acceptors (Lipinski definition) is 5. The SMILES string of the molecule is COc1ccc(OC)c(NC(=O)c2ccc3c(c2)C(=O)N(CCc2ccccc2)C3=O)c1. The lowest BCUT2D eigenvalue weighted by Gasteiger charge is -2.13. The van der Waals surface area contributed by atoms with Crippen molar-refractivity contribution < 1.29 is 23.9 Å². The molecule has 162 valence electrons. The van der Waals surface area contributed by atoms with Crippen LogP contribution in [-0.4, -0.2) is 43.4 Å². The van der Waals surface area contributed by atoms with Gasteiger partial charge in [0.1, 0.15) is 11.5 Å². The zero-order valence-electron chi connectivity index (χ0n) is 17.8. The maximum Gasteiger partial charge on any atom is 0.261 e. The van der Waals surface area contributed by atoms with Gasteiger partial charge in [0.05, 0.1) is 31.0 Å². The fraction of sp³-hybridized carbons (Fsp3) is 0.160. The number of benzene rings is 3. The summed E-state index contributed by atoms with van der Waals surface area (Å²) in [6, 6.07) is 19.2. The second-order valence-electron chi connectivity index (χ2n) is 7.28. The summed E-state index contributed by atoms with van der Waals surface area (Å²) in [5.41, 5.74) is 2.27. The number of imide groups is 1. The van der Waals surface area contributed by atoms with Gasteiger partial charge in [-0.2, -0.15) is 0 Å². The van der Waals surface area contributed by atoms with Crippen LogP contribution in [0.2, 0.25) is 0 Å². The molecule has 1 aliphatic rings. The molecule has 4 rings (SSSR count). The van der Waals surface area contributed by atoms with Crippen molar-refractivity contribution in [1.29, 1.82) is 0 Å². The Morgan fingerprint density at radius 1 is 0.875 bits per heavy atom. The van der Waals surface area contributed by atoms with Crippen LogP contribution in [0.3, 0.4) is 0 Å². The van der Waals surface area contributed by atoms with Crippen LogP contribution in [0.5, 0.6) is 11.5 Å². The van der Waals surface area contributed by atoms with Gasteiger partial charge >= 0.3 is 0 Å². The van der Waals surface area contributed by atoms with Crippen molar-refractivity contribution >= 4 is 23.4 Å². The Morgan fingerprint density at radius 3 is 2.34 bits per heavy atom. The molecule has 0 spiro atoms.